The quantitative estimate of drug-likeness (QED) is 0.742. The van der Waals surface area contributed by atoms with Gasteiger partial charge in [-0.3, -0.25) is 9.79 Å². The van der Waals surface area contributed by atoms with Gasteiger partial charge >= 0.3 is 0 Å². The fourth-order valence-electron chi connectivity index (χ4n) is 3.19. The zero-order valence-electron chi connectivity index (χ0n) is 13.7. The van der Waals surface area contributed by atoms with Gasteiger partial charge in [-0.2, -0.15) is 0 Å². The molecule has 1 aliphatic heterocycles. The number of nitrogens with one attached hydrogen (secondary N) is 1. The molecule has 4 rings (SSSR count). The lowest BCUT2D eigenvalue weighted by Gasteiger charge is -2.17. The molecule has 25 heavy (non-hydrogen) atoms. The molecule has 0 aliphatic carbocycles. The minimum Gasteiger partial charge on any atom is -0.323 e. The number of aliphatic imine (C=N–C) groups is 1. The van der Waals surface area contributed by atoms with Crippen LogP contribution in [0.1, 0.15) is 17.0 Å². The van der Waals surface area contributed by atoms with E-state index in [4.69, 9.17) is 4.99 Å². The maximum atomic E-state index is 13.0. The molecule has 0 saturated carbocycles. The van der Waals surface area contributed by atoms with E-state index in [2.05, 4.69) is 17.4 Å². The van der Waals surface area contributed by atoms with Gasteiger partial charge in [-0.25, -0.2) is 0 Å². The van der Waals surface area contributed by atoms with Crippen molar-refractivity contribution >= 4 is 23.0 Å². The average molecular weight is 326 g/mol. The Bertz CT molecular complexity index is 917. The molecule has 3 aromatic rings. The van der Waals surface area contributed by atoms with E-state index in [0.717, 1.165) is 28.2 Å². The molecule has 122 valence electrons. The summed E-state index contributed by atoms with van der Waals surface area (Å²) in [5.74, 6) is -0.431. The minimum atomic E-state index is -0.395. The third-order valence-corrected chi connectivity index (χ3v) is 4.38. The first-order chi connectivity index (χ1) is 12.3. The molecule has 0 saturated heterocycles. The summed E-state index contributed by atoms with van der Waals surface area (Å²) < 4.78 is 0. The van der Waals surface area contributed by atoms with Crippen LogP contribution < -0.4 is 5.32 Å². The highest BCUT2D eigenvalue weighted by molar-refractivity contribution is 6.17. The minimum absolute atomic E-state index is 0.0363. The summed E-state index contributed by atoms with van der Waals surface area (Å²) >= 11 is 0. The number of benzene rings is 3. The lowest BCUT2D eigenvalue weighted by molar-refractivity contribution is -0.116. The molecule has 0 spiro atoms. The first-order valence-electron chi connectivity index (χ1n) is 8.37. The highest BCUT2D eigenvalue weighted by Gasteiger charge is 2.29. The summed E-state index contributed by atoms with van der Waals surface area (Å²) in [7, 11) is 0. The van der Waals surface area contributed by atoms with E-state index in [1.54, 1.807) is 0 Å². The van der Waals surface area contributed by atoms with Gasteiger partial charge in [-0.05, 0) is 23.3 Å². The molecule has 1 atom stereocenters. The summed E-state index contributed by atoms with van der Waals surface area (Å²) in [5, 5.41) is 3.03. The van der Waals surface area contributed by atoms with Crippen molar-refractivity contribution in [3.05, 3.63) is 96.1 Å². The van der Waals surface area contributed by atoms with Gasteiger partial charge in [0.25, 0.3) is 0 Å². The van der Waals surface area contributed by atoms with E-state index < -0.39 is 5.92 Å². The highest BCUT2D eigenvalue weighted by atomic mass is 16.1. The summed E-state index contributed by atoms with van der Waals surface area (Å²) in [6.45, 7) is 0. The number of hydrogen-bond donors (Lipinski definition) is 1. The summed E-state index contributed by atoms with van der Waals surface area (Å²) in [6.07, 6.45) is 0.641. The number of hydrogen-bond acceptors (Lipinski definition) is 2. The average Bonchev–Trinajstić information content (AvgIpc) is 2.78. The van der Waals surface area contributed by atoms with Gasteiger partial charge in [0.05, 0.1) is 11.4 Å². The van der Waals surface area contributed by atoms with Crippen LogP contribution in [0.3, 0.4) is 0 Å². The monoisotopic (exact) mass is 326 g/mol. The molecule has 1 N–H and O–H groups in total. The SMILES string of the molecule is O=C1Nc2ccccc2N=C(Cc2ccccc2)C1c1ccccc1. The summed E-state index contributed by atoms with van der Waals surface area (Å²) in [6, 6.07) is 27.7. The second-order valence-corrected chi connectivity index (χ2v) is 6.12. The van der Waals surface area contributed by atoms with E-state index in [9.17, 15) is 4.79 Å². The number of amides is 1. The second-order valence-electron chi connectivity index (χ2n) is 6.12. The van der Waals surface area contributed by atoms with Crippen molar-refractivity contribution in [3.63, 3.8) is 0 Å². The molecule has 1 unspecified atom stereocenters. The number of carbonyl (C=O) groups excluding carboxylic acids is 1. The summed E-state index contributed by atoms with van der Waals surface area (Å²) in [4.78, 5) is 17.9. The molecule has 1 aliphatic rings. The summed E-state index contributed by atoms with van der Waals surface area (Å²) in [5.41, 5.74) is 4.54. The van der Waals surface area contributed by atoms with Crippen LogP contribution in [0.5, 0.6) is 0 Å². The lowest BCUT2D eigenvalue weighted by atomic mass is 9.89. The van der Waals surface area contributed by atoms with E-state index in [1.165, 1.54) is 0 Å². The van der Waals surface area contributed by atoms with E-state index in [0.29, 0.717) is 6.42 Å². The van der Waals surface area contributed by atoms with Crippen LogP contribution >= 0.6 is 0 Å². The van der Waals surface area contributed by atoms with Gasteiger partial charge in [0.2, 0.25) is 5.91 Å². The fourth-order valence-corrected chi connectivity index (χ4v) is 3.19. The van der Waals surface area contributed by atoms with Crippen molar-refractivity contribution in [1.29, 1.82) is 0 Å². The van der Waals surface area contributed by atoms with Crippen LogP contribution in [0.4, 0.5) is 11.4 Å². The van der Waals surface area contributed by atoms with Crippen LogP contribution in [-0.4, -0.2) is 11.6 Å². The molecule has 1 heterocycles. The number of rotatable bonds is 3. The van der Waals surface area contributed by atoms with Crippen LogP contribution in [0.2, 0.25) is 0 Å². The van der Waals surface area contributed by atoms with Crippen LogP contribution in [0.15, 0.2) is 89.9 Å². The molecule has 0 aromatic heterocycles. The number of nitrogens with zero attached hydrogens (tertiary/aromatic N) is 1. The van der Waals surface area contributed by atoms with Gasteiger partial charge < -0.3 is 5.32 Å². The first kappa shape index (κ1) is 15.3. The first-order valence-corrected chi connectivity index (χ1v) is 8.37. The molecule has 3 heteroatoms. The molecule has 0 fully saturated rings. The third kappa shape index (κ3) is 3.22. The molecule has 0 radical (unpaired) electrons. The second kappa shape index (κ2) is 6.73. The van der Waals surface area contributed by atoms with Crippen molar-refractivity contribution in [3.8, 4) is 0 Å². The molecular weight excluding hydrogens is 308 g/mol. The van der Waals surface area contributed by atoms with Crippen molar-refractivity contribution in [2.24, 2.45) is 4.99 Å². The van der Waals surface area contributed by atoms with Gasteiger partial charge in [0.15, 0.2) is 0 Å². The number of fused-ring (bicyclic) bond motifs is 1. The maximum absolute atomic E-state index is 13.0. The van der Waals surface area contributed by atoms with Crippen LogP contribution in [0, 0.1) is 0 Å². The van der Waals surface area contributed by atoms with Gasteiger partial charge in [0.1, 0.15) is 5.92 Å². The lowest BCUT2D eigenvalue weighted by Crippen LogP contribution is -2.27. The van der Waals surface area contributed by atoms with Gasteiger partial charge in [-0.1, -0.05) is 72.8 Å². The van der Waals surface area contributed by atoms with E-state index in [-0.39, 0.29) is 5.91 Å². The Morgan fingerprint density at radius 3 is 2.20 bits per heavy atom. The van der Waals surface area contributed by atoms with E-state index >= 15 is 0 Å². The fraction of sp³-hybridized carbons (Fsp3) is 0.0909. The Labute approximate surface area is 147 Å². The van der Waals surface area contributed by atoms with Crippen LogP contribution in [-0.2, 0) is 11.2 Å². The molecule has 3 aromatic carbocycles. The standard InChI is InChI=1S/C22H18N2O/c25-22-21(17-11-5-2-6-12-17)20(15-16-9-3-1-4-10-16)23-18-13-7-8-14-19(18)24-22/h1-14,21H,15H2,(H,24,25). The van der Waals surface area contributed by atoms with Crippen molar-refractivity contribution in [2.75, 3.05) is 5.32 Å². The highest BCUT2D eigenvalue weighted by Crippen LogP contribution is 2.33. The van der Waals surface area contributed by atoms with Crippen LogP contribution in [0.25, 0.3) is 0 Å². The van der Waals surface area contributed by atoms with E-state index in [1.807, 2.05) is 72.8 Å². The number of carbonyl (C=O) groups is 1. The Balaban J connectivity index is 1.82. The molecule has 1 amide bonds. The smallest absolute Gasteiger partial charge is 0.237 e. The Kier molecular flexibility index (Phi) is 4.13. The third-order valence-electron chi connectivity index (χ3n) is 4.38. The Morgan fingerprint density at radius 2 is 1.44 bits per heavy atom. The van der Waals surface area contributed by atoms with Crippen molar-refractivity contribution < 1.29 is 4.79 Å². The largest absolute Gasteiger partial charge is 0.323 e. The Hall–Kier alpha value is -3.20. The maximum Gasteiger partial charge on any atom is 0.237 e. The number of anilines is 1. The van der Waals surface area contributed by atoms with Gasteiger partial charge in [-0.15, -0.1) is 0 Å². The zero-order valence-corrected chi connectivity index (χ0v) is 13.7. The predicted molar refractivity (Wildman–Crippen MR) is 101 cm³/mol. The predicted octanol–water partition coefficient (Wildman–Crippen LogP) is 4.74. The molecular formula is C22H18N2O. The zero-order chi connectivity index (χ0) is 17.1. The van der Waals surface area contributed by atoms with Gasteiger partial charge in [0, 0.05) is 12.1 Å². The Morgan fingerprint density at radius 1 is 0.800 bits per heavy atom. The normalized spacial score (nSPS) is 16.4. The molecule has 0 bridgehead atoms. The van der Waals surface area contributed by atoms with Crippen molar-refractivity contribution in [1.82, 2.24) is 0 Å². The number of para-hydroxylation sites is 2. The topological polar surface area (TPSA) is 41.5 Å². The van der Waals surface area contributed by atoms with Crippen molar-refractivity contribution in [2.45, 2.75) is 12.3 Å². The molecule has 3 nitrogen and oxygen atoms in total.